The van der Waals surface area contributed by atoms with Crippen LogP contribution < -0.4 is 0 Å². The quantitative estimate of drug-likeness (QED) is 0.472. The van der Waals surface area contributed by atoms with E-state index in [0.717, 1.165) is 3.57 Å². The van der Waals surface area contributed by atoms with Crippen molar-refractivity contribution in [2.45, 2.75) is 0 Å². The van der Waals surface area contributed by atoms with Gasteiger partial charge in [0.15, 0.2) is 5.78 Å². The summed E-state index contributed by atoms with van der Waals surface area (Å²) < 4.78 is 0.841. The Hall–Kier alpha value is -0.290. The van der Waals surface area contributed by atoms with Crippen LogP contribution in [0.2, 0.25) is 15.1 Å². The lowest BCUT2D eigenvalue weighted by Gasteiger charge is -2.05. The fourth-order valence-corrected chi connectivity index (χ4v) is 2.52. The largest absolute Gasteiger partial charge is 0.289 e. The maximum absolute atomic E-state index is 12.3. The van der Waals surface area contributed by atoms with Crippen LogP contribution in [-0.4, -0.2) is 5.78 Å². The van der Waals surface area contributed by atoms with Crippen LogP contribution in [0.25, 0.3) is 0 Å². The summed E-state index contributed by atoms with van der Waals surface area (Å²) >= 11 is 19.7. The van der Waals surface area contributed by atoms with Gasteiger partial charge in [0, 0.05) is 19.7 Å². The highest BCUT2D eigenvalue weighted by atomic mass is 127. The van der Waals surface area contributed by atoms with Gasteiger partial charge in [-0.1, -0.05) is 34.8 Å². The molecule has 0 aliphatic carbocycles. The summed E-state index contributed by atoms with van der Waals surface area (Å²) in [5.41, 5.74) is 1.05. The number of halogens is 4. The Morgan fingerprint density at radius 2 is 1.67 bits per heavy atom. The van der Waals surface area contributed by atoms with Gasteiger partial charge in [0.05, 0.1) is 10.0 Å². The lowest BCUT2D eigenvalue weighted by Crippen LogP contribution is -2.03. The van der Waals surface area contributed by atoms with Crippen molar-refractivity contribution in [3.05, 3.63) is 66.2 Å². The van der Waals surface area contributed by atoms with Gasteiger partial charge in [0.25, 0.3) is 0 Å². The summed E-state index contributed by atoms with van der Waals surface area (Å²) in [5.74, 6) is -0.125. The molecule has 0 fully saturated rings. The van der Waals surface area contributed by atoms with Crippen molar-refractivity contribution in [3.63, 3.8) is 0 Å². The Bertz CT molecular complexity index is 626. The molecular weight excluding hydrogens is 405 g/mol. The number of hydrogen-bond donors (Lipinski definition) is 0. The Labute approximate surface area is 133 Å². The molecule has 2 rings (SSSR count). The number of ketones is 1. The van der Waals surface area contributed by atoms with Crippen LogP contribution in [0.3, 0.4) is 0 Å². The van der Waals surface area contributed by atoms with Gasteiger partial charge in [-0.2, -0.15) is 0 Å². The van der Waals surface area contributed by atoms with Crippen molar-refractivity contribution in [2.24, 2.45) is 0 Å². The van der Waals surface area contributed by atoms with Crippen molar-refractivity contribution in [2.75, 3.05) is 0 Å². The topological polar surface area (TPSA) is 17.1 Å². The zero-order chi connectivity index (χ0) is 13.3. The van der Waals surface area contributed by atoms with Crippen molar-refractivity contribution >= 4 is 63.2 Å². The normalized spacial score (nSPS) is 10.4. The first-order valence-electron chi connectivity index (χ1n) is 4.94. The molecule has 0 aliphatic heterocycles. The maximum atomic E-state index is 12.3. The molecule has 0 saturated heterocycles. The number of rotatable bonds is 2. The van der Waals surface area contributed by atoms with Crippen LogP contribution in [0.15, 0.2) is 36.4 Å². The first-order valence-corrected chi connectivity index (χ1v) is 7.15. The summed E-state index contributed by atoms with van der Waals surface area (Å²) in [6, 6.07) is 10.0. The SMILES string of the molecule is O=C(c1ccc(Cl)c(Cl)c1)c1cc(Cl)ccc1I. The van der Waals surface area contributed by atoms with E-state index in [9.17, 15) is 4.79 Å². The van der Waals surface area contributed by atoms with E-state index in [4.69, 9.17) is 34.8 Å². The number of carbonyl (C=O) groups excluding carboxylic acids is 1. The van der Waals surface area contributed by atoms with Crippen molar-refractivity contribution in [3.8, 4) is 0 Å². The lowest BCUT2D eigenvalue weighted by atomic mass is 10.0. The van der Waals surface area contributed by atoms with E-state index in [1.54, 1.807) is 36.4 Å². The first kappa shape index (κ1) is 14.1. The highest BCUT2D eigenvalue weighted by Crippen LogP contribution is 2.26. The van der Waals surface area contributed by atoms with Gasteiger partial charge in [-0.25, -0.2) is 0 Å². The molecule has 0 bridgehead atoms. The molecule has 0 heterocycles. The monoisotopic (exact) mass is 410 g/mol. The van der Waals surface area contributed by atoms with Crippen LogP contribution in [0.1, 0.15) is 15.9 Å². The fraction of sp³-hybridized carbons (Fsp3) is 0. The van der Waals surface area contributed by atoms with Gasteiger partial charge in [-0.3, -0.25) is 4.79 Å². The van der Waals surface area contributed by atoms with Gasteiger partial charge in [0.1, 0.15) is 0 Å². The second kappa shape index (κ2) is 5.78. The predicted molar refractivity (Wildman–Crippen MR) is 84.1 cm³/mol. The van der Waals surface area contributed by atoms with Crippen LogP contribution in [0.5, 0.6) is 0 Å². The Balaban J connectivity index is 2.47. The standard InChI is InChI=1S/C13H6Cl3IO/c14-8-2-4-12(17)9(6-8)13(18)7-1-3-10(15)11(16)5-7/h1-6H. The summed E-state index contributed by atoms with van der Waals surface area (Å²) in [5, 5.41) is 1.31. The van der Waals surface area contributed by atoms with Crippen LogP contribution in [0.4, 0.5) is 0 Å². The molecule has 18 heavy (non-hydrogen) atoms. The highest BCUT2D eigenvalue weighted by molar-refractivity contribution is 14.1. The Morgan fingerprint density at radius 1 is 0.944 bits per heavy atom. The average molecular weight is 411 g/mol. The third kappa shape index (κ3) is 2.99. The predicted octanol–water partition coefficient (Wildman–Crippen LogP) is 5.48. The molecule has 2 aromatic rings. The molecule has 0 aliphatic rings. The summed E-state index contributed by atoms with van der Waals surface area (Å²) in [4.78, 5) is 12.3. The second-order valence-electron chi connectivity index (χ2n) is 3.58. The van der Waals surface area contributed by atoms with E-state index >= 15 is 0 Å². The summed E-state index contributed by atoms with van der Waals surface area (Å²) in [7, 11) is 0. The van der Waals surface area contributed by atoms with Crippen molar-refractivity contribution in [1.82, 2.24) is 0 Å². The molecule has 2 aromatic carbocycles. The van der Waals surface area contributed by atoms with Crippen LogP contribution in [-0.2, 0) is 0 Å². The van der Waals surface area contributed by atoms with Crippen LogP contribution >= 0.6 is 57.4 Å². The molecule has 0 amide bonds. The van der Waals surface area contributed by atoms with Gasteiger partial charge in [0.2, 0.25) is 0 Å². The minimum atomic E-state index is -0.125. The molecule has 92 valence electrons. The van der Waals surface area contributed by atoms with Gasteiger partial charge in [-0.05, 0) is 59.0 Å². The molecule has 0 N–H and O–H groups in total. The number of hydrogen-bond acceptors (Lipinski definition) is 1. The third-order valence-corrected chi connectivity index (χ3v) is 4.27. The van der Waals surface area contributed by atoms with Gasteiger partial charge >= 0.3 is 0 Å². The molecular formula is C13H6Cl3IO. The molecule has 1 nitrogen and oxygen atoms in total. The smallest absolute Gasteiger partial charge is 0.194 e. The zero-order valence-corrected chi connectivity index (χ0v) is 13.3. The fourth-order valence-electron chi connectivity index (χ4n) is 1.46. The van der Waals surface area contributed by atoms with Crippen molar-refractivity contribution in [1.29, 1.82) is 0 Å². The van der Waals surface area contributed by atoms with E-state index in [1.807, 2.05) is 0 Å². The minimum absolute atomic E-state index is 0.125. The highest BCUT2D eigenvalue weighted by Gasteiger charge is 2.14. The molecule has 0 aromatic heterocycles. The van der Waals surface area contributed by atoms with E-state index in [0.29, 0.717) is 26.2 Å². The third-order valence-electron chi connectivity index (χ3n) is 2.35. The zero-order valence-electron chi connectivity index (χ0n) is 8.88. The van der Waals surface area contributed by atoms with E-state index in [2.05, 4.69) is 22.6 Å². The summed E-state index contributed by atoms with van der Waals surface area (Å²) in [6.45, 7) is 0. The molecule has 0 radical (unpaired) electrons. The second-order valence-corrected chi connectivity index (χ2v) is 6.00. The average Bonchev–Trinajstić information content (AvgIpc) is 2.35. The lowest BCUT2D eigenvalue weighted by molar-refractivity contribution is 0.103. The molecule has 0 unspecified atom stereocenters. The molecule has 5 heteroatoms. The maximum Gasteiger partial charge on any atom is 0.194 e. The van der Waals surface area contributed by atoms with Gasteiger partial charge < -0.3 is 0 Å². The van der Waals surface area contributed by atoms with E-state index < -0.39 is 0 Å². The first-order chi connectivity index (χ1) is 8.49. The van der Waals surface area contributed by atoms with Gasteiger partial charge in [-0.15, -0.1) is 0 Å². The van der Waals surface area contributed by atoms with E-state index in [1.165, 1.54) is 0 Å². The molecule has 0 spiro atoms. The molecule has 0 atom stereocenters. The Morgan fingerprint density at radius 3 is 2.33 bits per heavy atom. The Kier molecular flexibility index (Phi) is 4.54. The number of carbonyl (C=O) groups is 1. The summed E-state index contributed by atoms with van der Waals surface area (Å²) in [6.07, 6.45) is 0. The number of benzene rings is 2. The van der Waals surface area contributed by atoms with Crippen molar-refractivity contribution < 1.29 is 4.79 Å². The molecule has 0 saturated carbocycles. The van der Waals surface area contributed by atoms with E-state index in [-0.39, 0.29) is 5.78 Å². The minimum Gasteiger partial charge on any atom is -0.289 e. The van der Waals surface area contributed by atoms with Crippen LogP contribution in [0, 0.1) is 3.57 Å².